The standard InChI is InChI=1S/C7H4BrFN2/c8-11-7-3-6(9)2-1-5(7)4-10-11/h1-4H. The van der Waals surface area contributed by atoms with Crippen molar-refractivity contribution in [2.75, 3.05) is 0 Å². The Morgan fingerprint density at radius 3 is 3.09 bits per heavy atom. The van der Waals surface area contributed by atoms with Gasteiger partial charge in [-0.25, -0.2) is 4.39 Å². The molecule has 0 aliphatic heterocycles. The second-order valence-electron chi connectivity index (χ2n) is 2.21. The second kappa shape index (κ2) is 2.30. The fourth-order valence-corrected chi connectivity index (χ4v) is 1.36. The van der Waals surface area contributed by atoms with Crippen molar-refractivity contribution >= 4 is 27.1 Å². The SMILES string of the molecule is Fc1ccc2cnn(Br)c2c1. The average molecular weight is 215 g/mol. The van der Waals surface area contributed by atoms with Crippen LogP contribution in [0.15, 0.2) is 24.4 Å². The largest absolute Gasteiger partial charge is 0.207 e. The second-order valence-corrected chi connectivity index (χ2v) is 2.88. The molecule has 0 N–H and O–H groups in total. The summed E-state index contributed by atoms with van der Waals surface area (Å²) in [6.07, 6.45) is 1.67. The fraction of sp³-hybridized carbons (Fsp3) is 0. The first kappa shape index (κ1) is 6.79. The molecule has 0 fully saturated rings. The molecule has 0 saturated carbocycles. The zero-order chi connectivity index (χ0) is 7.84. The Balaban J connectivity index is 2.87. The number of nitrogens with zero attached hydrogens (tertiary/aromatic N) is 2. The Labute approximate surface area is 71.0 Å². The molecule has 1 aromatic heterocycles. The summed E-state index contributed by atoms with van der Waals surface area (Å²) < 4.78 is 14.1. The van der Waals surface area contributed by atoms with Gasteiger partial charge >= 0.3 is 0 Å². The lowest BCUT2D eigenvalue weighted by Crippen LogP contribution is -1.80. The van der Waals surface area contributed by atoms with Crippen LogP contribution >= 0.6 is 16.1 Å². The Kier molecular flexibility index (Phi) is 1.42. The van der Waals surface area contributed by atoms with E-state index in [-0.39, 0.29) is 5.82 Å². The van der Waals surface area contributed by atoms with Gasteiger partial charge in [-0.15, -0.1) is 0 Å². The number of halogens is 2. The van der Waals surface area contributed by atoms with E-state index in [0.717, 1.165) is 10.9 Å². The van der Waals surface area contributed by atoms with Crippen LogP contribution in [0.1, 0.15) is 0 Å². The first-order chi connectivity index (χ1) is 5.27. The van der Waals surface area contributed by atoms with Gasteiger partial charge in [-0.1, -0.05) is 0 Å². The third kappa shape index (κ3) is 1.03. The van der Waals surface area contributed by atoms with E-state index in [0.29, 0.717) is 0 Å². The predicted octanol–water partition coefficient (Wildman–Crippen LogP) is 2.33. The number of hydrogen-bond donors (Lipinski definition) is 0. The van der Waals surface area contributed by atoms with Crippen LogP contribution in [-0.2, 0) is 0 Å². The van der Waals surface area contributed by atoms with Gasteiger partial charge in [0.05, 0.1) is 27.9 Å². The monoisotopic (exact) mass is 214 g/mol. The van der Waals surface area contributed by atoms with Crippen LogP contribution in [0.25, 0.3) is 10.9 Å². The van der Waals surface area contributed by atoms with E-state index in [4.69, 9.17) is 0 Å². The van der Waals surface area contributed by atoms with Gasteiger partial charge < -0.3 is 0 Å². The van der Waals surface area contributed by atoms with Crippen LogP contribution in [0.3, 0.4) is 0 Å². The van der Waals surface area contributed by atoms with Gasteiger partial charge in [0.2, 0.25) is 0 Å². The first-order valence-corrected chi connectivity index (χ1v) is 3.78. The van der Waals surface area contributed by atoms with Gasteiger partial charge in [0.15, 0.2) is 0 Å². The van der Waals surface area contributed by atoms with Crippen LogP contribution < -0.4 is 0 Å². The van der Waals surface area contributed by atoms with E-state index >= 15 is 0 Å². The molecule has 2 aromatic rings. The van der Waals surface area contributed by atoms with E-state index < -0.39 is 0 Å². The van der Waals surface area contributed by atoms with Crippen molar-refractivity contribution in [1.29, 1.82) is 0 Å². The van der Waals surface area contributed by atoms with E-state index in [2.05, 4.69) is 21.2 Å². The summed E-state index contributed by atoms with van der Waals surface area (Å²) in [5.74, 6) is -0.251. The zero-order valence-corrected chi connectivity index (χ0v) is 7.05. The molecule has 0 aliphatic carbocycles. The van der Waals surface area contributed by atoms with Crippen LogP contribution in [0, 0.1) is 5.82 Å². The minimum absolute atomic E-state index is 0.251. The third-order valence-corrected chi connectivity index (χ3v) is 2.05. The molecule has 1 aromatic carbocycles. The molecule has 56 valence electrons. The number of aromatic nitrogens is 2. The van der Waals surface area contributed by atoms with E-state index in [1.807, 2.05) is 0 Å². The van der Waals surface area contributed by atoms with Gasteiger partial charge in [0.1, 0.15) is 5.82 Å². The molecule has 0 radical (unpaired) electrons. The highest BCUT2D eigenvalue weighted by molar-refractivity contribution is 9.08. The van der Waals surface area contributed by atoms with E-state index in [1.165, 1.54) is 15.8 Å². The summed E-state index contributed by atoms with van der Waals surface area (Å²) in [7, 11) is 0. The molecule has 0 unspecified atom stereocenters. The Hall–Kier alpha value is -0.900. The molecule has 0 bridgehead atoms. The quantitative estimate of drug-likeness (QED) is 0.659. The highest BCUT2D eigenvalue weighted by atomic mass is 79.9. The van der Waals surface area contributed by atoms with Crippen molar-refractivity contribution in [2.24, 2.45) is 0 Å². The van der Waals surface area contributed by atoms with E-state index in [1.54, 1.807) is 12.3 Å². The molecule has 1 heterocycles. The van der Waals surface area contributed by atoms with Crippen molar-refractivity contribution in [3.8, 4) is 0 Å². The van der Waals surface area contributed by atoms with Crippen molar-refractivity contribution in [1.82, 2.24) is 8.81 Å². The number of rotatable bonds is 0. The van der Waals surface area contributed by atoms with Gasteiger partial charge in [0.25, 0.3) is 0 Å². The zero-order valence-electron chi connectivity index (χ0n) is 5.46. The Bertz CT molecular complexity index is 396. The fourth-order valence-electron chi connectivity index (χ4n) is 0.961. The first-order valence-electron chi connectivity index (χ1n) is 3.07. The average Bonchev–Trinajstić information content (AvgIpc) is 2.33. The molecule has 0 spiro atoms. The lowest BCUT2D eigenvalue weighted by Gasteiger charge is -1.90. The van der Waals surface area contributed by atoms with Crippen molar-refractivity contribution in [3.05, 3.63) is 30.2 Å². The Morgan fingerprint density at radius 2 is 2.27 bits per heavy atom. The molecule has 0 aliphatic rings. The molecule has 4 heteroatoms. The van der Waals surface area contributed by atoms with Crippen molar-refractivity contribution in [3.63, 3.8) is 0 Å². The van der Waals surface area contributed by atoms with Crippen LogP contribution in [-0.4, -0.2) is 8.81 Å². The highest BCUT2D eigenvalue weighted by Crippen LogP contribution is 2.15. The summed E-state index contributed by atoms with van der Waals surface area (Å²) in [6, 6.07) is 4.53. The predicted molar refractivity (Wildman–Crippen MR) is 44.0 cm³/mol. The minimum atomic E-state index is -0.251. The Morgan fingerprint density at radius 1 is 1.45 bits per heavy atom. The number of hydrogen-bond acceptors (Lipinski definition) is 1. The summed E-state index contributed by atoms with van der Waals surface area (Å²) in [6.45, 7) is 0. The maximum Gasteiger partial charge on any atom is 0.125 e. The molecule has 2 nitrogen and oxygen atoms in total. The normalized spacial score (nSPS) is 10.7. The summed E-state index contributed by atoms with van der Waals surface area (Å²) in [5.41, 5.74) is 0.741. The van der Waals surface area contributed by atoms with Gasteiger partial charge in [-0.2, -0.15) is 8.81 Å². The van der Waals surface area contributed by atoms with Gasteiger partial charge in [-0.3, -0.25) is 0 Å². The van der Waals surface area contributed by atoms with Crippen molar-refractivity contribution in [2.45, 2.75) is 0 Å². The molecule has 0 atom stereocenters. The summed E-state index contributed by atoms with van der Waals surface area (Å²) >= 11 is 3.14. The van der Waals surface area contributed by atoms with E-state index in [9.17, 15) is 4.39 Å². The van der Waals surface area contributed by atoms with Crippen LogP contribution in [0.4, 0.5) is 4.39 Å². The minimum Gasteiger partial charge on any atom is -0.207 e. The van der Waals surface area contributed by atoms with Crippen LogP contribution in [0.2, 0.25) is 0 Å². The topological polar surface area (TPSA) is 17.8 Å². The highest BCUT2D eigenvalue weighted by Gasteiger charge is 2.00. The smallest absolute Gasteiger partial charge is 0.125 e. The molecular weight excluding hydrogens is 211 g/mol. The number of fused-ring (bicyclic) bond motifs is 1. The summed E-state index contributed by atoms with van der Waals surface area (Å²) in [4.78, 5) is 0. The number of benzene rings is 1. The maximum atomic E-state index is 12.6. The molecule has 0 amide bonds. The molecule has 0 saturated heterocycles. The van der Waals surface area contributed by atoms with Crippen LogP contribution in [0.5, 0.6) is 0 Å². The lowest BCUT2D eigenvalue weighted by molar-refractivity contribution is 0.629. The lowest BCUT2D eigenvalue weighted by atomic mass is 10.2. The van der Waals surface area contributed by atoms with Gasteiger partial charge in [-0.05, 0) is 12.1 Å². The van der Waals surface area contributed by atoms with Crippen molar-refractivity contribution < 1.29 is 4.39 Å². The molecule has 2 rings (SSSR count). The maximum absolute atomic E-state index is 12.6. The van der Waals surface area contributed by atoms with Gasteiger partial charge in [0, 0.05) is 11.5 Å². The molecule has 11 heavy (non-hydrogen) atoms. The third-order valence-electron chi connectivity index (χ3n) is 1.49. The molecular formula is C7H4BrFN2. The summed E-state index contributed by atoms with van der Waals surface area (Å²) in [5, 5.41) is 4.82.